The molecule has 1 saturated heterocycles. The quantitative estimate of drug-likeness (QED) is 0.892. The Hall–Kier alpha value is -1.62. The minimum Gasteiger partial charge on any atom is -0.388 e. The molecule has 116 valence electrons. The normalized spacial score (nSPS) is 22.2. The molecule has 2 N–H and O–H groups in total. The molecule has 5 nitrogen and oxygen atoms in total. The van der Waals surface area contributed by atoms with Gasteiger partial charge >= 0.3 is 0 Å². The predicted molar refractivity (Wildman–Crippen MR) is 83.5 cm³/mol. The smallest absolute Gasteiger partial charge is 0.254 e. The highest BCUT2D eigenvalue weighted by Gasteiger charge is 2.31. The van der Waals surface area contributed by atoms with Crippen LogP contribution in [0.1, 0.15) is 49.2 Å². The Morgan fingerprint density at radius 1 is 1.52 bits per heavy atom. The molecule has 2 rings (SSSR count). The van der Waals surface area contributed by atoms with E-state index in [1.807, 2.05) is 13.0 Å². The van der Waals surface area contributed by atoms with E-state index in [2.05, 4.69) is 17.2 Å². The van der Waals surface area contributed by atoms with E-state index in [9.17, 15) is 9.90 Å². The van der Waals surface area contributed by atoms with Gasteiger partial charge in [-0.3, -0.25) is 4.79 Å². The maximum atomic E-state index is 12.6. The fourth-order valence-corrected chi connectivity index (χ4v) is 2.71. The highest BCUT2D eigenvalue weighted by Crippen LogP contribution is 2.22. The van der Waals surface area contributed by atoms with E-state index in [1.165, 1.54) is 0 Å². The molecule has 1 aliphatic rings. The fourth-order valence-electron chi connectivity index (χ4n) is 2.71. The van der Waals surface area contributed by atoms with E-state index in [-0.39, 0.29) is 5.91 Å². The third kappa shape index (κ3) is 4.17. The van der Waals surface area contributed by atoms with Crippen molar-refractivity contribution in [2.24, 2.45) is 0 Å². The van der Waals surface area contributed by atoms with Crippen LogP contribution >= 0.6 is 0 Å². The average molecular weight is 291 g/mol. The summed E-state index contributed by atoms with van der Waals surface area (Å²) >= 11 is 0. The Morgan fingerprint density at radius 3 is 2.95 bits per heavy atom. The number of likely N-dealkylation sites (tertiary alicyclic amines) is 1. The van der Waals surface area contributed by atoms with Gasteiger partial charge in [0, 0.05) is 30.9 Å². The minimum atomic E-state index is -0.778. The van der Waals surface area contributed by atoms with Gasteiger partial charge in [0.2, 0.25) is 0 Å². The first-order valence-electron chi connectivity index (χ1n) is 7.65. The highest BCUT2D eigenvalue weighted by atomic mass is 16.3. The number of hydrogen-bond acceptors (Lipinski definition) is 4. The zero-order valence-electron chi connectivity index (χ0n) is 13.1. The van der Waals surface area contributed by atoms with Gasteiger partial charge in [-0.2, -0.15) is 0 Å². The SMILES string of the molecule is CCCNc1cc(C(=O)N2CCCC(C)(O)C2)cc(C)n1. The van der Waals surface area contributed by atoms with Crippen molar-refractivity contribution in [1.82, 2.24) is 9.88 Å². The van der Waals surface area contributed by atoms with Gasteiger partial charge in [-0.25, -0.2) is 4.98 Å². The minimum absolute atomic E-state index is 0.0278. The van der Waals surface area contributed by atoms with E-state index < -0.39 is 5.60 Å². The summed E-state index contributed by atoms with van der Waals surface area (Å²) < 4.78 is 0. The van der Waals surface area contributed by atoms with Gasteiger partial charge in [0.15, 0.2) is 0 Å². The van der Waals surface area contributed by atoms with Crippen LogP contribution in [0.4, 0.5) is 5.82 Å². The first kappa shape index (κ1) is 15.8. The summed E-state index contributed by atoms with van der Waals surface area (Å²) in [5.41, 5.74) is 0.682. The first-order valence-corrected chi connectivity index (χ1v) is 7.65. The molecular weight excluding hydrogens is 266 g/mol. The molecule has 1 atom stereocenters. The van der Waals surface area contributed by atoms with E-state index in [4.69, 9.17) is 0 Å². The number of aliphatic hydroxyl groups is 1. The second-order valence-electron chi connectivity index (χ2n) is 6.14. The molecule has 1 fully saturated rings. The Bertz CT molecular complexity index is 514. The van der Waals surface area contributed by atoms with E-state index in [0.29, 0.717) is 18.7 Å². The number of nitrogens with one attached hydrogen (secondary N) is 1. The average Bonchev–Trinajstić information content (AvgIpc) is 2.42. The van der Waals surface area contributed by atoms with Crippen LogP contribution in [0.2, 0.25) is 0 Å². The first-order chi connectivity index (χ1) is 9.91. The molecule has 2 heterocycles. The van der Waals surface area contributed by atoms with Crippen molar-refractivity contribution in [2.75, 3.05) is 25.0 Å². The largest absolute Gasteiger partial charge is 0.388 e. The lowest BCUT2D eigenvalue weighted by molar-refractivity contribution is -0.0107. The summed E-state index contributed by atoms with van der Waals surface area (Å²) in [6.45, 7) is 7.70. The lowest BCUT2D eigenvalue weighted by atomic mass is 9.94. The van der Waals surface area contributed by atoms with Crippen molar-refractivity contribution < 1.29 is 9.90 Å². The Balaban J connectivity index is 2.16. The lowest BCUT2D eigenvalue weighted by Crippen LogP contribution is -2.48. The molecule has 1 aromatic rings. The maximum absolute atomic E-state index is 12.6. The molecular formula is C16H25N3O2. The summed E-state index contributed by atoms with van der Waals surface area (Å²) in [5.74, 6) is 0.712. The van der Waals surface area contributed by atoms with Crippen LogP contribution in [0.15, 0.2) is 12.1 Å². The van der Waals surface area contributed by atoms with Crippen LogP contribution in [0, 0.1) is 6.92 Å². The monoisotopic (exact) mass is 291 g/mol. The molecule has 0 spiro atoms. The Kier molecular flexibility index (Phi) is 4.83. The number of aromatic nitrogens is 1. The van der Waals surface area contributed by atoms with Crippen molar-refractivity contribution in [3.8, 4) is 0 Å². The Morgan fingerprint density at radius 2 is 2.29 bits per heavy atom. The van der Waals surface area contributed by atoms with Crippen LogP contribution < -0.4 is 5.32 Å². The van der Waals surface area contributed by atoms with Crippen molar-refractivity contribution in [1.29, 1.82) is 0 Å². The van der Waals surface area contributed by atoms with Gasteiger partial charge in [0.05, 0.1) is 5.60 Å². The van der Waals surface area contributed by atoms with E-state index in [0.717, 1.165) is 37.3 Å². The van der Waals surface area contributed by atoms with Crippen LogP contribution in [0.5, 0.6) is 0 Å². The fraction of sp³-hybridized carbons (Fsp3) is 0.625. The zero-order valence-corrected chi connectivity index (χ0v) is 13.1. The zero-order chi connectivity index (χ0) is 15.5. The molecule has 1 unspecified atom stereocenters. The number of hydrogen-bond donors (Lipinski definition) is 2. The number of pyridine rings is 1. The number of aryl methyl sites for hydroxylation is 1. The third-order valence-electron chi connectivity index (χ3n) is 3.72. The second-order valence-corrected chi connectivity index (χ2v) is 6.14. The number of nitrogens with zero attached hydrogens (tertiary/aromatic N) is 2. The highest BCUT2D eigenvalue weighted by molar-refractivity contribution is 5.95. The lowest BCUT2D eigenvalue weighted by Gasteiger charge is -2.36. The molecule has 0 bridgehead atoms. The van der Waals surface area contributed by atoms with Gasteiger partial charge in [-0.05, 0) is 45.2 Å². The summed E-state index contributed by atoms with van der Waals surface area (Å²) in [7, 11) is 0. The molecule has 1 amide bonds. The number of carbonyl (C=O) groups excluding carboxylic acids is 1. The van der Waals surface area contributed by atoms with Crippen molar-refractivity contribution in [3.63, 3.8) is 0 Å². The summed E-state index contributed by atoms with van der Waals surface area (Å²) in [4.78, 5) is 18.8. The number of β-amino-alcohol motifs (C(OH)–C–C–N with tert-alkyl or cyclic N) is 1. The summed E-state index contributed by atoms with van der Waals surface area (Å²) in [6.07, 6.45) is 2.59. The molecule has 0 aliphatic carbocycles. The number of rotatable bonds is 4. The van der Waals surface area contributed by atoms with Crippen LogP contribution in [-0.2, 0) is 0 Å². The molecule has 0 radical (unpaired) electrons. The standard InChI is InChI=1S/C16H25N3O2/c1-4-7-17-14-10-13(9-12(2)18-14)15(20)19-8-5-6-16(3,21)11-19/h9-10,21H,4-8,11H2,1-3H3,(H,17,18). The molecule has 5 heteroatoms. The number of anilines is 1. The van der Waals surface area contributed by atoms with Gasteiger partial charge < -0.3 is 15.3 Å². The van der Waals surface area contributed by atoms with Gasteiger partial charge in [-0.15, -0.1) is 0 Å². The van der Waals surface area contributed by atoms with E-state index in [1.54, 1.807) is 17.9 Å². The van der Waals surface area contributed by atoms with Gasteiger partial charge in [0.25, 0.3) is 5.91 Å². The topological polar surface area (TPSA) is 65.5 Å². The predicted octanol–water partition coefficient (Wildman–Crippen LogP) is 2.20. The summed E-state index contributed by atoms with van der Waals surface area (Å²) in [6, 6.07) is 3.61. The number of amides is 1. The van der Waals surface area contributed by atoms with Crippen LogP contribution in [0.3, 0.4) is 0 Å². The van der Waals surface area contributed by atoms with E-state index >= 15 is 0 Å². The van der Waals surface area contributed by atoms with Gasteiger partial charge in [-0.1, -0.05) is 6.92 Å². The molecule has 0 saturated carbocycles. The summed E-state index contributed by atoms with van der Waals surface area (Å²) in [5, 5.41) is 13.4. The number of carbonyl (C=O) groups is 1. The van der Waals surface area contributed by atoms with Crippen LogP contribution in [-0.4, -0.2) is 46.1 Å². The number of piperidine rings is 1. The van der Waals surface area contributed by atoms with Crippen LogP contribution in [0.25, 0.3) is 0 Å². The second kappa shape index (κ2) is 6.43. The molecule has 1 aromatic heterocycles. The third-order valence-corrected chi connectivity index (χ3v) is 3.72. The van der Waals surface area contributed by atoms with Crippen molar-refractivity contribution in [3.05, 3.63) is 23.4 Å². The molecule has 1 aliphatic heterocycles. The maximum Gasteiger partial charge on any atom is 0.254 e. The van der Waals surface area contributed by atoms with Gasteiger partial charge in [0.1, 0.15) is 5.82 Å². The molecule has 21 heavy (non-hydrogen) atoms. The molecule has 0 aromatic carbocycles. The Labute approximate surface area is 126 Å². The van der Waals surface area contributed by atoms with Crippen molar-refractivity contribution in [2.45, 2.75) is 45.6 Å². The van der Waals surface area contributed by atoms with Crippen molar-refractivity contribution >= 4 is 11.7 Å².